The van der Waals surface area contributed by atoms with E-state index in [0.717, 1.165) is 41.6 Å². The van der Waals surface area contributed by atoms with Crippen molar-refractivity contribution >= 4 is 17.9 Å². The number of nitrogens with zero attached hydrogens (tertiary/aromatic N) is 3. The lowest BCUT2D eigenvalue weighted by molar-refractivity contribution is 0.0513. The highest BCUT2D eigenvalue weighted by molar-refractivity contribution is 5.96. The van der Waals surface area contributed by atoms with Crippen LogP contribution in [0, 0.1) is 0 Å². The zero-order valence-corrected chi connectivity index (χ0v) is 21.4. The van der Waals surface area contributed by atoms with Gasteiger partial charge in [-0.15, -0.1) is 0 Å². The number of primary amides is 1. The topological polar surface area (TPSA) is 108 Å². The van der Waals surface area contributed by atoms with Gasteiger partial charge in [-0.1, -0.05) is 24.3 Å². The Morgan fingerprint density at radius 1 is 0.973 bits per heavy atom. The van der Waals surface area contributed by atoms with Crippen molar-refractivity contribution in [1.82, 2.24) is 14.7 Å². The lowest BCUT2D eigenvalue weighted by Gasteiger charge is -2.34. The minimum Gasteiger partial charge on any atom is -0.442 e. The van der Waals surface area contributed by atoms with Gasteiger partial charge in [0.25, 0.3) is 5.91 Å². The van der Waals surface area contributed by atoms with Crippen molar-refractivity contribution in [2.24, 2.45) is 5.73 Å². The Bertz CT molecular complexity index is 1350. The number of fused-ring (bicyclic) bond motifs is 1. The second kappa shape index (κ2) is 9.50. The summed E-state index contributed by atoms with van der Waals surface area (Å²) in [5.41, 5.74) is 9.57. The average molecular weight is 501 g/mol. The summed E-state index contributed by atoms with van der Waals surface area (Å²) in [5, 5.41) is 4.46. The molecule has 2 aliphatic rings. The highest BCUT2D eigenvalue weighted by atomic mass is 16.6. The molecule has 0 bridgehead atoms. The van der Waals surface area contributed by atoms with Gasteiger partial charge in [-0.05, 0) is 93.8 Å². The number of hydrogen-bond donors (Lipinski definition) is 1. The molecule has 8 nitrogen and oxygen atoms in total. The largest absolute Gasteiger partial charge is 0.442 e. The number of aromatic nitrogens is 2. The van der Waals surface area contributed by atoms with Crippen LogP contribution in [-0.4, -0.2) is 50.3 Å². The molecule has 192 valence electrons. The molecular weight excluding hydrogens is 468 g/mol. The number of nitrogens with two attached hydrogens (primary N) is 1. The average Bonchev–Trinajstić information content (AvgIpc) is 3.60. The molecule has 5 rings (SSSR count). The molecule has 2 N–H and O–H groups in total. The van der Waals surface area contributed by atoms with Crippen molar-refractivity contribution in [3.63, 3.8) is 0 Å². The first-order valence-corrected chi connectivity index (χ1v) is 12.7. The van der Waals surface area contributed by atoms with Crippen LogP contribution in [0.2, 0.25) is 0 Å². The Morgan fingerprint density at radius 2 is 1.70 bits per heavy atom. The molecule has 2 amide bonds. The van der Waals surface area contributed by atoms with E-state index >= 15 is 0 Å². The SMILES string of the molecule is CC(C)(C)OC(=O)n1cc2c(n1)CCC(N(C(=O)c1ccc(-c3cccc(C(N)=O)c3)cc1)C1CC1)C2. The Hall–Kier alpha value is -3.94. The van der Waals surface area contributed by atoms with Crippen molar-refractivity contribution in [2.45, 2.75) is 70.6 Å². The molecule has 2 aromatic carbocycles. The van der Waals surface area contributed by atoms with Gasteiger partial charge in [0.15, 0.2) is 0 Å². The molecule has 1 heterocycles. The summed E-state index contributed by atoms with van der Waals surface area (Å²) in [6, 6.07) is 14.9. The van der Waals surface area contributed by atoms with Gasteiger partial charge in [-0.3, -0.25) is 9.59 Å². The van der Waals surface area contributed by atoms with E-state index in [1.54, 1.807) is 24.4 Å². The number of benzene rings is 2. The van der Waals surface area contributed by atoms with Gasteiger partial charge in [-0.2, -0.15) is 9.78 Å². The molecule has 8 heteroatoms. The first kappa shape index (κ1) is 24.7. The van der Waals surface area contributed by atoms with E-state index in [1.807, 2.05) is 56.0 Å². The minimum absolute atomic E-state index is 0.0212. The summed E-state index contributed by atoms with van der Waals surface area (Å²) in [4.78, 5) is 39.7. The third-order valence-corrected chi connectivity index (χ3v) is 6.81. The molecule has 0 radical (unpaired) electrons. The fourth-order valence-corrected chi connectivity index (χ4v) is 4.91. The fourth-order valence-electron chi connectivity index (χ4n) is 4.91. The van der Waals surface area contributed by atoms with Crippen molar-refractivity contribution in [3.8, 4) is 11.1 Å². The zero-order chi connectivity index (χ0) is 26.3. The molecule has 3 aromatic rings. The summed E-state index contributed by atoms with van der Waals surface area (Å²) in [7, 11) is 0. The van der Waals surface area contributed by atoms with Crippen LogP contribution in [0.1, 0.15) is 72.0 Å². The molecule has 1 unspecified atom stereocenters. The van der Waals surface area contributed by atoms with Gasteiger partial charge < -0.3 is 15.4 Å². The number of carbonyl (C=O) groups excluding carboxylic acids is 3. The summed E-state index contributed by atoms with van der Waals surface area (Å²) in [5.74, 6) is -0.450. The second-order valence-corrected chi connectivity index (χ2v) is 10.9. The normalized spacial score (nSPS) is 17.1. The third-order valence-electron chi connectivity index (χ3n) is 6.81. The summed E-state index contributed by atoms with van der Waals surface area (Å²) >= 11 is 0. The molecule has 1 atom stereocenters. The first-order valence-electron chi connectivity index (χ1n) is 12.7. The molecule has 2 aliphatic carbocycles. The van der Waals surface area contributed by atoms with E-state index in [0.29, 0.717) is 24.0 Å². The van der Waals surface area contributed by atoms with Gasteiger partial charge in [-0.25, -0.2) is 4.79 Å². The molecule has 0 aliphatic heterocycles. The van der Waals surface area contributed by atoms with Crippen molar-refractivity contribution in [3.05, 3.63) is 77.1 Å². The minimum atomic E-state index is -0.596. The lowest BCUT2D eigenvalue weighted by Crippen LogP contribution is -2.44. The maximum absolute atomic E-state index is 13.7. The van der Waals surface area contributed by atoms with E-state index in [4.69, 9.17) is 10.5 Å². The number of hydrogen-bond acceptors (Lipinski definition) is 5. The number of carbonyl (C=O) groups is 3. The maximum atomic E-state index is 13.7. The number of ether oxygens (including phenoxy) is 1. The molecule has 0 spiro atoms. The number of rotatable bonds is 5. The predicted molar refractivity (Wildman–Crippen MR) is 139 cm³/mol. The molecular formula is C29H32N4O4. The maximum Gasteiger partial charge on any atom is 0.435 e. The quantitative estimate of drug-likeness (QED) is 0.551. The fraction of sp³-hybridized carbons (Fsp3) is 0.379. The summed E-state index contributed by atoms with van der Waals surface area (Å²) in [6.45, 7) is 5.48. The molecule has 37 heavy (non-hydrogen) atoms. The van der Waals surface area contributed by atoms with Gasteiger partial charge in [0.05, 0.1) is 5.69 Å². The summed E-state index contributed by atoms with van der Waals surface area (Å²) < 4.78 is 6.74. The van der Waals surface area contributed by atoms with Crippen LogP contribution in [0.25, 0.3) is 11.1 Å². The van der Waals surface area contributed by atoms with Crippen molar-refractivity contribution in [1.29, 1.82) is 0 Å². The van der Waals surface area contributed by atoms with E-state index in [9.17, 15) is 14.4 Å². The van der Waals surface area contributed by atoms with Crippen molar-refractivity contribution in [2.75, 3.05) is 0 Å². The Kier molecular flexibility index (Phi) is 6.35. The van der Waals surface area contributed by atoms with Crippen LogP contribution < -0.4 is 5.73 Å². The Balaban J connectivity index is 1.33. The molecule has 1 saturated carbocycles. The lowest BCUT2D eigenvalue weighted by atomic mass is 9.91. The van der Waals surface area contributed by atoms with Crippen LogP contribution in [0.3, 0.4) is 0 Å². The van der Waals surface area contributed by atoms with Crippen LogP contribution in [0.15, 0.2) is 54.7 Å². The van der Waals surface area contributed by atoms with Gasteiger partial charge >= 0.3 is 6.09 Å². The molecule has 1 aromatic heterocycles. The predicted octanol–water partition coefficient (Wildman–Crippen LogP) is 4.59. The summed E-state index contributed by atoms with van der Waals surface area (Å²) in [6.07, 6.45) is 5.45. The van der Waals surface area contributed by atoms with E-state index in [-0.39, 0.29) is 18.0 Å². The van der Waals surface area contributed by atoms with Crippen molar-refractivity contribution < 1.29 is 19.1 Å². The van der Waals surface area contributed by atoms with E-state index in [1.165, 1.54) is 4.68 Å². The zero-order valence-electron chi connectivity index (χ0n) is 21.4. The van der Waals surface area contributed by atoms with Gasteiger partial charge in [0, 0.05) is 29.4 Å². The monoisotopic (exact) mass is 500 g/mol. The van der Waals surface area contributed by atoms with Crippen LogP contribution in [-0.2, 0) is 17.6 Å². The Labute approximate surface area is 216 Å². The van der Waals surface area contributed by atoms with Crippen LogP contribution in [0.5, 0.6) is 0 Å². The van der Waals surface area contributed by atoms with Gasteiger partial charge in [0.1, 0.15) is 5.60 Å². The number of amides is 2. The molecule has 1 fully saturated rings. The smallest absolute Gasteiger partial charge is 0.435 e. The third kappa shape index (κ3) is 5.43. The van der Waals surface area contributed by atoms with Gasteiger partial charge in [0.2, 0.25) is 5.91 Å². The van der Waals surface area contributed by atoms with Crippen LogP contribution >= 0.6 is 0 Å². The number of aryl methyl sites for hydroxylation is 1. The standard InChI is InChI=1S/C29H32N4O4/c1-29(2,3)37-28(36)32-17-22-16-24(13-14-25(22)31-32)33(23-11-12-23)27(35)19-9-7-18(8-10-19)20-5-4-6-21(15-20)26(30)34/h4-10,15,17,23-24H,11-14,16H2,1-3H3,(H2,30,34). The molecule has 0 saturated heterocycles. The highest BCUT2D eigenvalue weighted by Gasteiger charge is 2.39. The first-order chi connectivity index (χ1) is 17.6. The van der Waals surface area contributed by atoms with E-state index in [2.05, 4.69) is 5.10 Å². The van der Waals surface area contributed by atoms with E-state index < -0.39 is 17.6 Å². The van der Waals surface area contributed by atoms with Crippen LogP contribution in [0.4, 0.5) is 4.79 Å². The second-order valence-electron chi connectivity index (χ2n) is 10.9. The highest BCUT2D eigenvalue weighted by Crippen LogP contribution is 2.35. The Morgan fingerprint density at radius 3 is 2.35 bits per heavy atom.